The van der Waals surface area contributed by atoms with Gasteiger partial charge in [-0.15, -0.1) is 24.0 Å². The first-order valence-corrected chi connectivity index (χ1v) is 9.62. The molecule has 31 heavy (non-hydrogen) atoms. The number of nitrogens with one attached hydrogen (secondary N) is 2. The van der Waals surface area contributed by atoms with E-state index >= 15 is 0 Å². The number of nitrogens with zero attached hydrogens (tertiary/aromatic N) is 3. The van der Waals surface area contributed by atoms with Crippen LogP contribution in [0.2, 0.25) is 0 Å². The highest BCUT2D eigenvalue weighted by Gasteiger charge is 2.28. The minimum Gasteiger partial charge on any atom is -0.484 e. The SMILES string of the molecule is CCNC(=NCc1ccc(C)cc1OCC(F)(F)F)NCc1noc(C(C)(C)C)n1.I. The standard InChI is InChI=1S/C20H28F3N5O2.HI/c1-6-24-18(26-11-16-27-17(30-28-16)19(3,4)5)25-10-14-8-7-13(2)9-15(14)29-12-20(21,22)23;/h7-9H,6,10-12H2,1-5H3,(H2,24,25,26);1H. The van der Waals surface area contributed by atoms with Crippen LogP contribution in [0.4, 0.5) is 13.2 Å². The molecule has 1 aromatic heterocycles. The molecule has 0 atom stereocenters. The lowest BCUT2D eigenvalue weighted by atomic mass is 9.97. The Morgan fingerprint density at radius 3 is 2.48 bits per heavy atom. The molecule has 0 aliphatic carbocycles. The molecule has 2 aromatic rings. The van der Waals surface area contributed by atoms with Crippen LogP contribution in [0.15, 0.2) is 27.7 Å². The molecule has 0 fully saturated rings. The minimum atomic E-state index is -4.41. The number of aromatic nitrogens is 2. The van der Waals surface area contributed by atoms with Crippen LogP contribution in [-0.2, 0) is 18.5 Å². The normalized spacial score (nSPS) is 12.3. The van der Waals surface area contributed by atoms with E-state index in [1.807, 2.05) is 27.7 Å². The minimum absolute atomic E-state index is 0. The average Bonchev–Trinajstić information content (AvgIpc) is 3.12. The number of hydrogen-bond acceptors (Lipinski definition) is 5. The van der Waals surface area contributed by atoms with Gasteiger partial charge in [0.25, 0.3) is 0 Å². The van der Waals surface area contributed by atoms with E-state index < -0.39 is 12.8 Å². The highest BCUT2D eigenvalue weighted by Crippen LogP contribution is 2.24. The zero-order chi connectivity index (χ0) is 22.4. The first-order valence-electron chi connectivity index (χ1n) is 9.62. The molecule has 0 saturated heterocycles. The second-order valence-electron chi connectivity index (χ2n) is 7.83. The van der Waals surface area contributed by atoms with Crippen molar-refractivity contribution in [1.29, 1.82) is 0 Å². The Labute approximate surface area is 197 Å². The molecule has 0 bridgehead atoms. The largest absolute Gasteiger partial charge is 0.484 e. The van der Waals surface area contributed by atoms with Crippen LogP contribution in [0.25, 0.3) is 0 Å². The van der Waals surface area contributed by atoms with Crippen molar-refractivity contribution in [2.75, 3.05) is 13.2 Å². The van der Waals surface area contributed by atoms with Crippen LogP contribution in [0, 0.1) is 6.92 Å². The molecule has 174 valence electrons. The Kier molecular flexibility index (Phi) is 10.0. The summed E-state index contributed by atoms with van der Waals surface area (Å²) in [5.74, 6) is 1.66. The Balaban J connectivity index is 0.00000480. The lowest BCUT2D eigenvalue weighted by Gasteiger charge is -2.14. The van der Waals surface area contributed by atoms with Crippen LogP contribution in [0.5, 0.6) is 5.75 Å². The lowest BCUT2D eigenvalue weighted by Crippen LogP contribution is -2.37. The van der Waals surface area contributed by atoms with Gasteiger partial charge in [-0.2, -0.15) is 18.2 Å². The van der Waals surface area contributed by atoms with Crippen molar-refractivity contribution in [3.8, 4) is 5.75 Å². The summed E-state index contributed by atoms with van der Waals surface area (Å²) in [6.45, 7) is 9.31. The Morgan fingerprint density at radius 1 is 1.19 bits per heavy atom. The van der Waals surface area contributed by atoms with E-state index in [0.29, 0.717) is 29.8 Å². The van der Waals surface area contributed by atoms with Crippen molar-refractivity contribution in [3.63, 3.8) is 0 Å². The van der Waals surface area contributed by atoms with Crippen LogP contribution < -0.4 is 15.4 Å². The van der Waals surface area contributed by atoms with Crippen molar-refractivity contribution >= 4 is 29.9 Å². The van der Waals surface area contributed by atoms with E-state index in [9.17, 15) is 13.2 Å². The molecule has 0 saturated carbocycles. The van der Waals surface area contributed by atoms with E-state index in [-0.39, 0.29) is 48.2 Å². The molecule has 0 aliphatic rings. The summed E-state index contributed by atoms with van der Waals surface area (Å²) in [6, 6.07) is 5.09. The maximum absolute atomic E-state index is 12.5. The van der Waals surface area contributed by atoms with Gasteiger partial charge in [0, 0.05) is 17.5 Å². The average molecular weight is 555 g/mol. The number of rotatable bonds is 7. The quantitative estimate of drug-likeness (QED) is 0.298. The molecule has 7 nitrogen and oxygen atoms in total. The van der Waals surface area contributed by atoms with Gasteiger partial charge in [-0.3, -0.25) is 0 Å². The second-order valence-corrected chi connectivity index (χ2v) is 7.83. The number of alkyl halides is 3. The summed E-state index contributed by atoms with van der Waals surface area (Å²) >= 11 is 0. The molecule has 0 amide bonds. The van der Waals surface area contributed by atoms with Gasteiger partial charge in [0.15, 0.2) is 18.4 Å². The van der Waals surface area contributed by atoms with Gasteiger partial charge in [-0.05, 0) is 25.5 Å². The molecule has 1 aromatic carbocycles. The predicted octanol–water partition coefficient (Wildman–Crippen LogP) is 4.49. The monoisotopic (exact) mass is 555 g/mol. The Morgan fingerprint density at radius 2 is 1.90 bits per heavy atom. The number of benzene rings is 1. The lowest BCUT2D eigenvalue weighted by molar-refractivity contribution is -0.153. The molecular weight excluding hydrogens is 526 g/mol. The second kappa shape index (κ2) is 11.5. The van der Waals surface area contributed by atoms with Crippen molar-refractivity contribution in [2.24, 2.45) is 4.99 Å². The summed E-state index contributed by atoms with van der Waals surface area (Å²) in [4.78, 5) is 8.79. The summed E-state index contributed by atoms with van der Waals surface area (Å²) in [7, 11) is 0. The summed E-state index contributed by atoms with van der Waals surface area (Å²) in [5.41, 5.74) is 1.11. The van der Waals surface area contributed by atoms with E-state index in [0.717, 1.165) is 5.56 Å². The number of halogens is 4. The molecule has 0 spiro atoms. The first kappa shape index (κ1) is 27.0. The Bertz CT molecular complexity index is 863. The number of guanidine groups is 1. The van der Waals surface area contributed by atoms with Gasteiger partial charge < -0.3 is 19.9 Å². The first-order chi connectivity index (χ1) is 14.0. The van der Waals surface area contributed by atoms with E-state index in [1.165, 1.54) is 0 Å². The van der Waals surface area contributed by atoms with Gasteiger partial charge in [0.2, 0.25) is 5.89 Å². The van der Waals surface area contributed by atoms with Gasteiger partial charge >= 0.3 is 6.18 Å². The number of aliphatic imine (C=N–C) groups is 1. The summed E-state index contributed by atoms with van der Waals surface area (Å²) < 4.78 is 47.8. The van der Waals surface area contributed by atoms with Crippen molar-refractivity contribution < 1.29 is 22.4 Å². The number of hydrogen-bond donors (Lipinski definition) is 2. The molecule has 11 heteroatoms. The van der Waals surface area contributed by atoms with Crippen LogP contribution in [-0.4, -0.2) is 35.4 Å². The molecule has 1 heterocycles. The van der Waals surface area contributed by atoms with Gasteiger partial charge in [-0.1, -0.05) is 38.1 Å². The van der Waals surface area contributed by atoms with E-state index in [1.54, 1.807) is 25.1 Å². The third kappa shape index (κ3) is 9.32. The predicted molar refractivity (Wildman–Crippen MR) is 123 cm³/mol. The fourth-order valence-corrected chi connectivity index (χ4v) is 2.39. The van der Waals surface area contributed by atoms with Crippen LogP contribution in [0.1, 0.15) is 50.5 Å². The topological polar surface area (TPSA) is 84.6 Å². The zero-order valence-corrected chi connectivity index (χ0v) is 20.6. The van der Waals surface area contributed by atoms with Crippen LogP contribution in [0.3, 0.4) is 0 Å². The van der Waals surface area contributed by atoms with Crippen molar-refractivity contribution in [2.45, 2.75) is 59.3 Å². The fourth-order valence-electron chi connectivity index (χ4n) is 2.39. The smallest absolute Gasteiger partial charge is 0.422 e. The van der Waals surface area contributed by atoms with Crippen molar-refractivity contribution in [3.05, 3.63) is 41.0 Å². The molecule has 2 N–H and O–H groups in total. The molecular formula is C20H29F3IN5O2. The maximum Gasteiger partial charge on any atom is 0.422 e. The third-order valence-corrected chi connectivity index (χ3v) is 3.89. The van der Waals surface area contributed by atoms with E-state index in [4.69, 9.17) is 9.26 Å². The van der Waals surface area contributed by atoms with Gasteiger partial charge in [0.05, 0.1) is 13.1 Å². The fraction of sp³-hybridized carbons (Fsp3) is 0.550. The summed E-state index contributed by atoms with van der Waals surface area (Å²) in [6.07, 6.45) is -4.41. The van der Waals surface area contributed by atoms with Gasteiger partial charge in [-0.25, -0.2) is 4.99 Å². The highest BCUT2D eigenvalue weighted by atomic mass is 127. The molecule has 2 rings (SSSR count). The highest BCUT2D eigenvalue weighted by molar-refractivity contribution is 14.0. The molecule has 0 aliphatic heterocycles. The maximum atomic E-state index is 12.5. The van der Waals surface area contributed by atoms with Gasteiger partial charge in [0.1, 0.15) is 5.75 Å². The third-order valence-electron chi connectivity index (χ3n) is 3.89. The molecule has 0 radical (unpaired) electrons. The molecule has 0 unspecified atom stereocenters. The Hall–Kier alpha value is -2.05. The van der Waals surface area contributed by atoms with E-state index in [2.05, 4.69) is 25.8 Å². The number of aryl methyl sites for hydroxylation is 1. The zero-order valence-electron chi connectivity index (χ0n) is 18.3. The van der Waals surface area contributed by atoms with Crippen molar-refractivity contribution in [1.82, 2.24) is 20.8 Å². The summed E-state index contributed by atoms with van der Waals surface area (Å²) in [5, 5.41) is 10.1. The number of ether oxygens (including phenoxy) is 1. The van der Waals surface area contributed by atoms with Crippen LogP contribution >= 0.6 is 24.0 Å².